The van der Waals surface area contributed by atoms with E-state index in [1.54, 1.807) is 6.92 Å². The number of aryl methyl sites for hydroxylation is 2. The lowest BCUT2D eigenvalue weighted by atomic mass is 10.1. The first-order valence-electron chi connectivity index (χ1n) is 4.75. The lowest BCUT2D eigenvalue weighted by molar-refractivity contribution is 0.168. The van der Waals surface area contributed by atoms with Crippen LogP contribution in [0.1, 0.15) is 18.1 Å². The van der Waals surface area contributed by atoms with Gasteiger partial charge in [0.15, 0.2) is 0 Å². The van der Waals surface area contributed by atoms with Crippen molar-refractivity contribution >= 4 is 34.4 Å². The minimum Gasteiger partial charge on any atom is -0.450 e. The summed E-state index contributed by atoms with van der Waals surface area (Å²) in [6, 6.07) is 4.05. The highest BCUT2D eigenvalue weighted by Crippen LogP contribution is 2.24. The Balaban J connectivity index is 2.90. The predicted molar refractivity (Wildman–Crippen MR) is 69.3 cm³/mol. The normalized spacial score (nSPS) is 9.87. The van der Waals surface area contributed by atoms with Crippen molar-refractivity contribution in [3.8, 4) is 0 Å². The Hall–Kier alpha value is -0.780. The van der Waals surface area contributed by atoms with Gasteiger partial charge in [-0.15, -0.1) is 0 Å². The Labute approximate surface area is 103 Å². The minimum absolute atomic E-state index is 0.382. The van der Waals surface area contributed by atoms with Crippen molar-refractivity contribution in [3.63, 3.8) is 0 Å². The Morgan fingerprint density at radius 1 is 1.47 bits per heavy atom. The van der Waals surface area contributed by atoms with Crippen LogP contribution >= 0.6 is 22.6 Å². The second-order valence-electron chi connectivity index (χ2n) is 3.28. The number of halogens is 1. The maximum absolute atomic E-state index is 11.3. The third-order valence-corrected chi connectivity index (χ3v) is 2.79. The van der Waals surface area contributed by atoms with E-state index in [4.69, 9.17) is 4.74 Å². The van der Waals surface area contributed by atoms with Crippen molar-refractivity contribution in [1.82, 2.24) is 0 Å². The monoisotopic (exact) mass is 319 g/mol. The number of hydrogen-bond donors (Lipinski definition) is 1. The Morgan fingerprint density at radius 2 is 2.13 bits per heavy atom. The zero-order chi connectivity index (χ0) is 11.4. The van der Waals surface area contributed by atoms with Gasteiger partial charge in [-0.2, -0.15) is 0 Å². The second kappa shape index (κ2) is 5.34. The van der Waals surface area contributed by atoms with Gasteiger partial charge in [-0.3, -0.25) is 5.32 Å². The molecule has 0 bridgehead atoms. The van der Waals surface area contributed by atoms with Crippen LogP contribution in [-0.4, -0.2) is 12.7 Å². The summed E-state index contributed by atoms with van der Waals surface area (Å²) >= 11 is 2.20. The van der Waals surface area contributed by atoms with Gasteiger partial charge in [0, 0.05) is 3.57 Å². The molecule has 15 heavy (non-hydrogen) atoms. The van der Waals surface area contributed by atoms with Crippen LogP contribution in [0.5, 0.6) is 0 Å². The number of anilines is 1. The molecule has 82 valence electrons. The fraction of sp³-hybridized carbons (Fsp3) is 0.364. The largest absolute Gasteiger partial charge is 0.450 e. The molecule has 0 unspecified atom stereocenters. The molecule has 4 heteroatoms. The van der Waals surface area contributed by atoms with Crippen molar-refractivity contribution < 1.29 is 9.53 Å². The summed E-state index contributed by atoms with van der Waals surface area (Å²) in [7, 11) is 0. The number of rotatable bonds is 2. The summed E-state index contributed by atoms with van der Waals surface area (Å²) in [5, 5.41) is 2.74. The summed E-state index contributed by atoms with van der Waals surface area (Å²) in [4.78, 5) is 11.3. The fourth-order valence-corrected chi connectivity index (χ4v) is 2.39. The van der Waals surface area contributed by atoms with Crippen molar-refractivity contribution in [2.45, 2.75) is 20.8 Å². The quantitative estimate of drug-likeness (QED) is 0.848. The molecule has 0 aliphatic rings. The lowest BCUT2D eigenvalue weighted by Crippen LogP contribution is -2.15. The molecule has 3 nitrogen and oxygen atoms in total. The molecule has 1 rings (SSSR count). The SMILES string of the molecule is CCOC(=O)Nc1c(C)cc(C)cc1I. The van der Waals surface area contributed by atoms with Gasteiger partial charge in [0.1, 0.15) is 0 Å². The van der Waals surface area contributed by atoms with Crippen LogP contribution in [0, 0.1) is 17.4 Å². The smallest absolute Gasteiger partial charge is 0.411 e. The molecule has 0 aromatic heterocycles. The maximum atomic E-state index is 11.3. The molecule has 0 aliphatic heterocycles. The van der Waals surface area contributed by atoms with Crippen LogP contribution in [0.2, 0.25) is 0 Å². The van der Waals surface area contributed by atoms with Crippen molar-refractivity contribution in [1.29, 1.82) is 0 Å². The molecule has 1 aromatic rings. The number of benzene rings is 1. The van der Waals surface area contributed by atoms with Crippen molar-refractivity contribution in [3.05, 3.63) is 26.8 Å². The van der Waals surface area contributed by atoms with E-state index in [-0.39, 0.29) is 0 Å². The molecule has 0 spiro atoms. The van der Waals surface area contributed by atoms with Crippen molar-refractivity contribution in [2.75, 3.05) is 11.9 Å². The molecule has 0 radical (unpaired) electrons. The van der Waals surface area contributed by atoms with Gasteiger partial charge in [-0.25, -0.2) is 4.79 Å². The first kappa shape index (κ1) is 12.3. The first-order chi connectivity index (χ1) is 7.04. The van der Waals surface area contributed by atoms with Crippen LogP contribution in [0.25, 0.3) is 0 Å². The fourth-order valence-electron chi connectivity index (χ4n) is 1.34. The van der Waals surface area contributed by atoms with E-state index in [1.165, 1.54) is 5.56 Å². The molecule has 0 atom stereocenters. The third-order valence-electron chi connectivity index (χ3n) is 1.93. The molecule has 1 N–H and O–H groups in total. The number of ether oxygens (including phenoxy) is 1. The molecule has 1 amide bonds. The van der Waals surface area contributed by atoms with Gasteiger partial charge >= 0.3 is 6.09 Å². The number of hydrogen-bond acceptors (Lipinski definition) is 2. The maximum Gasteiger partial charge on any atom is 0.411 e. The van der Waals surface area contributed by atoms with E-state index in [0.29, 0.717) is 6.61 Å². The van der Waals surface area contributed by atoms with Crippen LogP contribution in [0.3, 0.4) is 0 Å². The van der Waals surface area contributed by atoms with E-state index < -0.39 is 6.09 Å². The van der Waals surface area contributed by atoms with E-state index in [2.05, 4.69) is 27.9 Å². The van der Waals surface area contributed by atoms with Gasteiger partial charge in [-0.1, -0.05) is 6.07 Å². The molecular weight excluding hydrogens is 305 g/mol. The predicted octanol–water partition coefficient (Wildman–Crippen LogP) is 3.48. The molecule has 0 aliphatic carbocycles. The number of nitrogens with one attached hydrogen (secondary N) is 1. The lowest BCUT2D eigenvalue weighted by Gasteiger charge is -2.11. The molecular formula is C11H14INO2. The van der Waals surface area contributed by atoms with Crippen LogP contribution in [-0.2, 0) is 4.74 Å². The zero-order valence-electron chi connectivity index (χ0n) is 9.06. The van der Waals surface area contributed by atoms with Gasteiger partial charge in [0.25, 0.3) is 0 Å². The van der Waals surface area contributed by atoms with E-state index in [9.17, 15) is 4.79 Å². The second-order valence-corrected chi connectivity index (χ2v) is 4.45. The highest BCUT2D eigenvalue weighted by Gasteiger charge is 2.08. The average molecular weight is 319 g/mol. The van der Waals surface area contributed by atoms with Gasteiger partial charge in [0.05, 0.1) is 12.3 Å². The Morgan fingerprint density at radius 3 is 2.67 bits per heavy atom. The standard InChI is InChI=1S/C11H14INO2/c1-4-15-11(14)13-10-8(3)5-7(2)6-9(10)12/h5-6H,4H2,1-3H3,(H,13,14). The van der Waals surface area contributed by atoms with Crippen LogP contribution < -0.4 is 5.32 Å². The summed E-state index contributed by atoms with van der Waals surface area (Å²) in [5.41, 5.74) is 3.07. The summed E-state index contributed by atoms with van der Waals surface area (Å²) in [6.45, 7) is 6.17. The van der Waals surface area contributed by atoms with E-state index in [1.807, 2.05) is 26.0 Å². The summed E-state index contributed by atoms with van der Waals surface area (Å²) < 4.78 is 5.86. The first-order valence-corrected chi connectivity index (χ1v) is 5.83. The number of carbonyl (C=O) groups is 1. The van der Waals surface area contributed by atoms with Crippen molar-refractivity contribution in [2.24, 2.45) is 0 Å². The van der Waals surface area contributed by atoms with Gasteiger partial charge < -0.3 is 4.74 Å². The zero-order valence-corrected chi connectivity index (χ0v) is 11.2. The summed E-state index contributed by atoms with van der Waals surface area (Å²) in [5.74, 6) is 0. The summed E-state index contributed by atoms with van der Waals surface area (Å²) in [6.07, 6.45) is -0.401. The number of amides is 1. The Bertz CT molecular complexity index is 354. The average Bonchev–Trinajstić information content (AvgIpc) is 2.11. The number of carbonyl (C=O) groups excluding carboxylic acids is 1. The Kier molecular flexibility index (Phi) is 4.38. The molecule has 0 saturated heterocycles. The van der Waals surface area contributed by atoms with Crippen LogP contribution in [0.4, 0.5) is 10.5 Å². The van der Waals surface area contributed by atoms with Crippen LogP contribution in [0.15, 0.2) is 12.1 Å². The highest BCUT2D eigenvalue weighted by molar-refractivity contribution is 14.1. The minimum atomic E-state index is -0.401. The molecule has 0 fully saturated rings. The third kappa shape index (κ3) is 3.37. The van der Waals surface area contributed by atoms with E-state index >= 15 is 0 Å². The molecule has 0 saturated carbocycles. The van der Waals surface area contributed by atoms with Gasteiger partial charge in [0.2, 0.25) is 0 Å². The topological polar surface area (TPSA) is 38.3 Å². The molecule has 1 aromatic carbocycles. The molecule has 0 heterocycles. The van der Waals surface area contributed by atoms with Gasteiger partial charge in [-0.05, 0) is 60.6 Å². The highest BCUT2D eigenvalue weighted by atomic mass is 127. The van der Waals surface area contributed by atoms with E-state index in [0.717, 1.165) is 14.8 Å².